The van der Waals surface area contributed by atoms with E-state index in [1.165, 1.54) is 12.1 Å². The van der Waals surface area contributed by atoms with Crippen molar-refractivity contribution < 1.29 is 4.39 Å². The molecule has 5 aromatic rings. The Kier molecular flexibility index (Phi) is 4.76. The maximum atomic E-state index is 13.7. The van der Waals surface area contributed by atoms with Crippen molar-refractivity contribution in [3.8, 4) is 22.6 Å². The van der Waals surface area contributed by atoms with Crippen LogP contribution in [0.5, 0.6) is 0 Å². The quantitative estimate of drug-likeness (QED) is 0.371. The molecule has 0 atom stereocenters. The predicted octanol–water partition coefficient (Wildman–Crippen LogP) is 4.91. The van der Waals surface area contributed by atoms with Gasteiger partial charge in [0.15, 0.2) is 5.82 Å². The Morgan fingerprint density at radius 3 is 2.81 bits per heavy atom. The van der Waals surface area contributed by atoms with Crippen molar-refractivity contribution in [2.24, 2.45) is 0 Å². The molecule has 3 heterocycles. The first-order valence-electron chi connectivity index (χ1n) is 9.79. The summed E-state index contributed by atoms with van der Waals surface area (Å²) in [6.07, 6.45) is 5.25. The van der Waals surface area contributed by atoms with Crippen LogP contribution in [-0.2, 0) is 6.54 Å². The second-order valence-corrected chi connectivity index (χ2v) is 7.14. The molecule has 0 saturated heterocycles. The SMILES string of the molecule is C=C(NCc1cn[nH]c1-c1nc2c(-c3cccc(F)c3)cccc2[nH]1)c1cccnc1. The molecule has 3 aromatic heterocycles. The number of nitrogens with zero attached hydrogens (tertiary/aromatic N) is 3. The highest BCUT2D eigenvalue weighted by molar-refractivity contribution is 5.93. The van der Waals surface area contributed by atoms with E-state index in [0.29, 0.717) is 12.4 Å². The molecule has 0 aliphatic rings. The molecule has 3 N–H and O–H groups in total. The first kappa shape index (κ1) is 18.7. The zero-order valence-electron chi connectivity index (χ0n) is 16.6. The smallest absolute Gasteiger partial charge is 0.156 e. The molecular formula is C24H19FN6. The fraction of sp³-hybridized carbons (Fsp3) is 0.0417. The number of rotatable bonds is 6. The molecule has 152 valence electrons. The van der Waals surface area contributed by atoms with Crippen molar-refractivity contribution in [3.63, 3.8) is 0 Å². The number of fused-ring (bicyclic) bond motifs is 1. The van der Waals surface area contributed by atoms with Crippen LogP contribution >= 0.6 is 0 Å². The second kappa shape index (κ2) is 7.87. The van der Waals surface area contributed by atoms with E-state index < -0.39 is 0 Å². The number of halogens is 1. The third kappa shape index (κ3) is 3.69. The molecule has 0 radical (unpaired) electrons. The fourth-order valence-corrected chi connectivity index (χ4v) is 3.53. The molecule has 0 aliphatic heterocycles. The summed E-state index contributed by atoms with van der Waals surface area (Å²) < 4.78 is 13.7. The van der Waals surface area contributed by atoms with Gasteiger partial charge in [-0.1, -0.05) is 30.8 Å². The van der Waals surface area contributed by atoms with Crippen LogP contribution in [-0.4, -0.2) is 25.1 Å². The molecule has 0 amide bonds. The lowest BCUT2D eigenvalue weighted by Gasteiger charge is -2.09. The number of hydrogen-bond acceptors (Lipinski definition) is 4. The van der Waals surface area contributed by atoms with Crippen molar-refractivity contribution in [1.82, 2.24) is 30.5 Å². The van der Waals surface area contributed by atoms with Crippen molar-refractivity contribution in [1.29, 1.82) is 0 Å². The van der Waals surface area contributed by atoms with Crippen LogP contribution in [0.2, 0.25) is 0 Å². The van der Waals surface area contributed by atoms with E-state index in [-0.39, 0.29) is 5.82 Å². The number of nitrogens with one attached hydrogen (secondary N) is 3. The van der Waals surface area contributed by atoms with Gasteiger partial charge in [-0.25, -0.2) is 9.37 Å². The Morgan fingerprint density at radius 1 is 1.06 bits per heavy atom. The average molecular weight is 410 g/mol. The monoisotopic (exact) mass is 410 g/mol. The molecule has 0 saturated carbocycles. The molecule has 0 spiro atoms. The maximum absolute atomic E-state index is 13.7. The number of pyridine rings is 1. The van der Waals surface area contributed by atoms with Crippen molar-refractivity contribution in [2.75, 3.05) is 0 Å². The van der Waals surface area contributed by atoms with Crippen LogP contribution in [0.1, 0.15) is 11.1 Å². The number of hydrogen-bond donors (Lipinski definition) is 3. The van der Waals surface area contributed by atoms with Gasteiger partial charge in [0.25, 0.3) is 0 Å². The zero-order chi connectivity index (χ0) is 21.2. The van der Waals surface area contributed by atoms with Crippen LogP contribution in [0.4, 0.5) is 4.39 Å². The lowest BCUT2D eigenvalue weighted by Crippen LogP contribution is -2.11. The Balaban J connectivity index is 1.45. The van der Waals surface area contributed by atoms with E-state index in [1.54, 1.807) is 24.7 Å². The van der Waals surface area contributed by atoms with Crippen molar-refractivity contribution in [3.05, 3.63) is 96.7 Å². The number of para-hydroxylation sites is 1. The predicted molar refractivity (Wildman–Crippen MR) is 119 cm³/mol. The molecule has 0 fully saturated rings. The summed E-state index contributed by atoms with van der Waals surface area (Å²) in [6, 6.07) is 16.2. The average Bonchev–Trinajstić information content (AvgIpc) is 3.44. The largest absolute Gasteiger partial charge is 0.381 e. The molecular weight excluding hydrogens is 391 g/mol. The minimum Gasteiger partial charge on any atom is -0.381 e. The summed E-state index contributed by atoms with van der Waals surface area (Å²) in [7, 11) is 0. The summed E-state index contributed by atoms with van der Waals surface area (Å²) in [5.41, 5.74) is 6.71. The lowest BCUT2D eigenvalue weighted by atomic mass is 10.0. The van der Waals surface area contributed by atoms with Gasteiger partial charge in [-0.3, -0.25) is 10.1 Å². The molecule has 31 heavy (non-hydrogen) atoms. The van der Waals surface area contributed by atoms with Gasteiger partial charge in [0.1, 0.15) is 11.5 Å². The fourth-order valence-electron chi connectivity index (χ4n) is 3.53. The molecule has 6 nitrogen and oxygen atoms in total. The Hall–Kier alpha value is -4.26. The summed E-state index contributed by atoms with van der Waals surface area (Å²) in [5, 5.41) is 10.5. The molecule has 2 aromatic carbocycles. The van der Waals surface area contributed by atoms with Gasteiger partial charge in [-0.05, 0) is 35.9 Å². The third-order valence-electron chi connectivity index (χ3n) is 5.11. The van der Waals surface area contributed by atoms with Crippen LogP contribution in [0.15, 0.2) is 79.8 Å². The van der Waals surface area contributed by atoms with Gasteiger partial charge < -0.3 is 10.3 Å². The van der Waals surface area contributed by atoms with Crippen molar-refractivity contribution in [2.45, 2.75) is 6.54 Å². The first-order chi connectivity index (χ1) is 15.2. The summed E-state index contributed by atoms with van der Waals surface area (Å²) >= 11 is 0. The van der Waals surface area contributed by atoms with Crippen LogP contribution in [0, 0.1) is 5.82 Å². The number of H-pyrrole nitrogens is 2. The Labute approximate surface area is 177 Å². The highest BCUT2D eigenvalue weighted by atomic mass is 19.1. The van der Waals surface area contributed by atoms with Gasteiger partial charge in [-0.2, -0.15) is 5.10 Å². The summed E-state index contributed by atoms with van der Waals surface area (Å²) in [6.45, 7) is 4.60. The molecule has 0 aliphatic carbocycles. The third-order valence-corrected chi connectivity index (χ3v) is 5.11. The topological polar surface area (TPSA) is 82.3 Å². The molecule has 5 rings (SSSR count). The first-order valence-corrected chi connectivity index (χ1v) is 9.79. The van der Waals surface area contributed by atoms with Gasteiger partial charge in [-0.15, -0.1) is 0 Å². The standard InChI is InChI=1S/C24H19FN6/c1-15(17-6-4-10-26-12-17)27-13-18-14-28-31-22(18)24-29-21-9-3-8-20(23(21)30-24)16-5-2-7-19(25)11-16/h2-12,14,27H,1,13H2,(H,28,31)(H,29,30). The second-order valence-electron chi connectivity index (χ2n) is 7.14. The summed E-state index contributed by atoms with van der Waals surface area (Å²) in [4.78, 5) is 12.3. The zero-order valence-corrected chi connectivity index (χ0v) is 16.6. The van der Waals surface area contributed by atoms with E-state index in [2.05, 4.69) is 32.1 Å². The van der Waals surface area contributed by atoms with E-state index in [1.807, 2.05) is 36.4 Å². The van der Waals surface area contributed by atoms with Gasteiger partial charge in [0.2, 0.25) is 0 Å². The number of aromatic amines is 2. The highest BCUT2D eigenvalue weighted by Gasteiger charge is 2.15. The van der Waals surface area contributed by atoms with E-state index in [9.17, 15) is 4.39 Å². The molecule has 0 bridgehead atoms. The minimum absolute atomic E-state index is 0.277. The van der Waals surface area contributed by atoms with Gasteiger partial charge >= 0.3 is 0 Å². The Morgan fingerprint density at radius 2 is 1.97 bits per heavy atom. The number of aromatic nitrogens is 5. The van der Waals surface area contributed by atoms with Crippen LogP contribution in [0.25, 0.3) is 39.4 Å². The number of imidazole rings is 1. The van der Waals surface area contributed by atoms with Gasteiger partial charge in [0.05, 0.1) is 17.2 Å². The maximum Gasteiger partial charge on any atom is 0.156 e. The van der Waals surface area contributed by atoms with Gasteiger partial charge in [0, 0.05) is 41.3 Å². The minimum atomic E-state index is -0.277. The molecule has 7 heteroatoms. The van der Waals surface area contributed by atoms with E-state index in [0.717, 1.165) is 44.7 Å². The van der Waals surface area contributed by atoms with E-state index in [4.69, 9.17) is 4.98 Å². The lowest BCUT2D eigenvalue weighted by molar-refractivity contribution is 0.628. The van der Waals surface area contributed by atoms with E-state index >= 15 is 0 Å². The normalized spacial score (nSPS) is 11.0. The number of benzene rings is 2. The Bertz CT molecular complexity index is 1370. The highest BCUT2D eigenvalue weighted by Crippen LogP contribution is 2.30. The van der Waals surface area contributed by atoms with Crippen LogP contribution < -0.4 is 5.32 Å². The summed E-state index contributed by atoms with van der Waals surface area (Å²) in [5.74, 6) is 0.390. The van der Waals surface area contributed by atoms with Crippen molar-refractivity contribution >= 4 is 16.7 Å². The van der Waals surface area contributed by atoms with Crippen LogP contribution in [0.3, 0.4) is 0 Å². The molecule has 0 unspecified atom stereocenters.